The van der Waals surface area contributed by atoms with Gasteiger partial charge in [-0.2, -0.15) is 0 Å². The first-order valence-electron chi connectivity index (χ1n) is 8.35. The molecule has 138 valence electrons. The molecule has 1 heterocycles. The lowest BCUT2D eigenvalue weighted by Gasteiger charge is -2.19. The molecule has 1 N–H and O–H groups in total. The van der Waals surface area contributed by atoms with E-state index >= 15 is 0 Å². The van der Waals surface area contributed by atoms with Gasteiger partial charge in [0, 0.05) is 19.9 Å². The zero-order chi connectivity index (χ0) is 18.9. The highest BCUT2D eigenvalue weighted by Crippen LogP contribution is 2.17. The van der Waals surface area contributed by atoms with Crippen molar-refractivity contribution in [1.29, 1.82) is 0 Å². The molecule has 0 aliphatic heterocycles. The highest BCUT2D eigenvalue weighted by molar-refractivity contribution is 6.01. The number of esters is 1. The summed E-state index contributed by atoms with van der Waals surface area (Å²) in [4.78, 5) is 37.5. The molecule has 2 aromatic rings. The first kappa shape index (κ1) is 19.2. The van der Waals surface area contributed by atoms with Crippen molar-refractivity contribution in [3.63, 3.8) is 0 Å². The Labute approximate surface area is 151 Å². The van der Waals surface area contributed by atoms with Crippen molar-refractivity contribution < 1.29 is 23.5 Å². The van der Waals surface area contributed by atoms with E-state index in [1.165, 1.54) is 18.1 Å². The van der Waals surface area contributed by atoms with Gasteiger partial charge in [0.15, 0.2) is 0 Å². The molecular weight excluding hydrogens is 336 g/mol. The quantitative estimate of drug-likeness (QED) is 0.733. The van der Waals surface area contributed by atoms with Crippen LogP contribution in [0.15, 0.2) is 47.1 Å². The molecule has 7 nitrogen and oxygen atoms in total. The fraction of sp³-hybridized carbons (Fsp3) is 0.316. The summed E-state index contributed by atoms with van der Waals surface area (Å²) in [6, 6.07) is 10.2. The van der Waals surface area contributed by atoms with Crippen LogP contribution in [0.3, 0.4) is 0 Å². The van der Waals surface area contributed by atoms with Crippen LogP contribution in [-0.4, -0.2) is 35.8 Å². The number of hydrogen-bond donors (Lipinski definition) is 1. The second-order valence-electron chi connectivity index (χ2n) is 5.58. The molecule has 7 heteroatoms. The number of ether oxygens (including phenoxy) is 1. The average Bonchev–Trinajstić information content (AvgIpc) is 3.12. The summed E-state index contributed by atoms with van der Waals surface area (Å²) in [5, 5.41) is 2.70. The summed E-state index contributed by atoms with van der Waals surface area (Å²) < 4.78 is 10.2. The molecule has 26 heavy (non-hydrogen) atoms. The Kier molecular flexibility index (Phi) is 6.96. The molecular formula is C19H22N2O5. The highest BCUT2D eigenvalue weighted by atomic mass is 16.5. The number of hydrogen-bond acceptors (Lipinski definition) is 5. The summed E-state index contributed by atoms with van der Waals surface area (Å²) in [7, 11) is 0. The molecule has 0 bridgehead atoms. The molecule has 1 aromatic heterocycles. The summed E-state index contributed by atoms with van der Waals surface area (Å²) in [6.07, 6.45) is 1.63. The van der Waals surface area contributed by atoms with Crippen LogP contribution in [0.4, 0.5) is 5.69 Å². The predicted molar refractivity (Wildman–Crippen MR) is 95.4 cm³/mol. The summed E-state index contributed by atoms with van der Waals surface area (Å²) in [5.74, 6) is -0.298. The zero-order valence-corrected chi connectivity index (χ0v) is 14.9. The maximum absolute atomic E-state index is 12.3. The second kappa shape index (κ2) is 9.41. The van der Waals surface area contributed by atoms with Gasteiger partial charge < -0.3 is 19.4 Å². The Morgan fingerprint density at radius 2 is 1.92 bits per heavy atom. The van der Waals surface area contributed by atoms with Crippen LogP contribution in [0.25, 0.3) is 0 Å². The number of anilines is 1. The first-order chi connectivity index (χ1) is 12.5. The van der Waals surface area contributed by atoms with Crippen molar-refractivity contribution in [3.05, 3.63) is 54.0 Å². The van der Waals surface area contributed by atoms with Gasteiger partial charge >= 0.3 is 5.97 Å². The second-order valence-corrected chi connectivity index (χ2v) is 5.58. The van der Waals surface area contributed by atoms with Crippen LogP contribution in [-0.2, 0) is 20.9 Å². The fourth-order valence-corrected chi connectivity index (χ4v) is 2.37. The van der Waals surface area contributed by atoms with E-state index in [2.05, 4.69) is 5.32 Å². The smallest absolute Gasteiger partial charge is 0.340 e. The standard InChI is InChI=1S/C19H22N2O5/c1-3-25-19(24)16-8-4-5-9-17(16)20-18(23)10-11-21(14(2)22)13-15-7-6-12-26-15/h4-9,12H,3,10-11,13H2,1-2H3,(H,20,23). The molecule has 0 atom stereocenters. The molecule has 2 rings (SSSR count). The van der Waals surface area contributed by atoms with Crippen molar-refractivity contribution in [2.24, 2.45) is 0 Å². The van der Waals surface area contributed by atoms with Gasteiger partial charge in [-0.25, -0.2) is 4.79 Å². The molecule has 0 aliphatic carbocycles. The van der Waals surface area contributed by atoms with Crippen molar-refractivity contribution in [2.45, 2.75) is 26.8 Å². The normalized spacial score (nSPS) is 10.2. The van der Waals surface area contributed by atoms with E-state index in [9.17, 15) is 14.4 Å². The number of rotatable bonds is 8. The molecule has 0 unspecified atom stereocenters. The largest absolute Gasteiger partial charge is 0.467 e. The minimum Gasteiger partial charge on any atom is -0.467 e. The third-order valence-electron chi connectivity index (χ3n) is 3.68. The van der Waals surface area contributed by atoms with E-state index in [1.54, 1.807) is 43.3 Å². The molecule has 0 spiro atoms. The monoisotopic (exact) mass is 358 g/mol. The molecule has 0 fully saturated rings. The Balaban J connectivity index is 1.95. The maximum atomic E-state index is 12.3. The minimum absolute atomic E-state index is 0.0947. The van der Waals surface area contributed by atoms with Crippen molar-refractivity contribution in [2.75, 3.05) is 18.5 Å². The number of carbonyl (C=O) groups is 3. The molecule has 0 radical (unpaired) electrons. The van der Waals surface area contributed by atoms with Gasteiger partial charge in [0.1, 0.15) is 5.76 Å². The number of furan rings is 1. The van der Waals surface area contributed by atoms with E-state index < -0.39 is 5.97 Å². The van der Waals surface area contributed by atoms with Crippen LogP contribution in [0.1, 0.15) is 36.4 Å². The average molecular weight is 358 g/mol. The number of para-hydroxylation sites is 1. The number of nitrogens with one attached hydrogen (secondary N) is 1. The predicted octanol–water partition coefficient (Wildman–Crippen LogP) is 2.83. The highest BCUT2D eigenvalue weighted by Gasteiger charge is 2.16. The van der Waals surface area contributed by atoms with Gasteiger partial charge in [-0.3, -0.25) is 9.59 Å². The first-order valence-corrected chi connectivity index (χ1v) is 8.35. The van der Waals surface area contributed by atoms with Gasteiger partial charge in [0.05, 0.1) is 30.7 Å². The van der Waals surface area contributed by atoms with E-state index in [4.69, 9.17) is 9.15 Å². The van der Waals surface area contributed by atoms with Crippen molar-refractivity contribution in [1.82, 2.24) is 4.90 Å². The van der Waals surface area contributed by atoms with E-state index in [0.29, 0.717) is 23.6 Å². The van der Waals surface area contributed by atoms with E-state index in [0.717, 1.165) is 0 Å². The maximum Gasteiger partial charge on any atom is 0.340 e. The Bertz CT molecular complexity index is 755. The lowest BCUT2D eigenvalue weighted by molar-refractivity contribution is -0.130. The molecule has 1 aromatic carbocycles. The minimum atomic E-state index is -0.494. The molecule has 0 saturated heterocycles. The van der Waals surface area contributed by atoms with Crippen LogP contribution in [0, 0.1) is 0 Å². The molecule has 2 amide bonds. The van der Waals surface area contributed by atoms with Crippen molar-refractivity contribution >= 4 is 23.5 Å². The van der Waals surface area contributed by atoms with Gasteiger partial charge in [-0.1, -0.05) is 12.1 Å². The Hall–Kier alpha value is -3.09. The third kappa shape index (κ3) is 5.47. The third-order valence-corrected chi connectivity index (χ3v) is 3.68. The van der Waals surface area contributed by atoms with Gasteiger partial charge in [0.25, 0.3) is 0 Å². The van der Waals surface area contributed by atoms with E-state index in [1.807, 2.05) is 0 Å². The summed E-state index contributed by atoms with van der Waals surface area (Å²) in [5.41, 5.74) is 0.679. The van der Waals surface area contributed by atoms with E-state index in [-0.39, 0.29) is 31.4 Å². The molecule has 0 saturated carbocycles. The van der Waals surface area contributed by atoms with Gasteiger partial charge in [-0.05, 0) is 31.2 Å². The molecule has 0 aliphatic rings. The Morgan fingerprint density at radius 1 is 1.15 bits per heavy atom. The lowest BCUT2D eigenvalue weighted by Crippen LogP contribution is -2.31. The van der Waals surface area contributed by atoms with Crippen molar-refractivity contribution in [3.8, 4) is 0 Å². The Morgan fingerprint density at radius 3 is 2.58 bits per heavy atom. The van der Waals surface area contributed by atoms with Crippen LogP contribution in [0.5, 0.6) is 0 Å². The van der Waals surface area contributed by atoms with Gasteiger partial charge in [-0.15, -0.1) is 0 Å². The number of carbonyl (C=O) groups excluding carboxylic acids is 3. The topological polar surface area (TPSA) is 88.8 Å². The van der Waals surface area contributed by atoms with Crippen LogP contribution in [0.2, 0.25) is 0 Å². The van der Waals surface area contributed by atoms with Crippen LogP contribution >= 0.6 is 0 Å². The summed E-state index contributed by atoms with van der Waals surface area (Å²) in [6.45, 7) is 3.95. The SMILES string of the molecule is CCOC(=O)c1ccccc1NC(=O)CCN(Cc1ccco1)C(C)=O. The number of nitrogens with zero attached hydrogens (tertiary/aromatic N) is 1. The number of amides is 2. The fourth-order valence-electron chi connectivity index (χ4n) is 2.37. The van der Waals surface area contributed by atoms with Gasteiger partial charge in [0.2, 0.25) is 11.8 Å². The lowest BCUT2D eigenvalue weighted by atomic mass is 10.1. The number of benzene rings is 1. The zero-order valence-electron chi connectivity index (χ0n) is 14.9. The van der Waals surface area contributed by atoms with Crippen LogP contribution < -0.4 is 5.32 Å². The summed E-state index contributed by atoms with van der Waals surface area (Å²) >= 11 is 0.